The van der Waals surface area contributed by atoms with E-state index in [1.807, 2.05) is 6.07 Å². The minimum Gasteiger partial charge on any atom is -0.444 e. The van der Waals surface area contributed by atoms with Gasteiger partial charge in [-0.15, -0.1) is 0 Å². The van der Waals surface area contributed by atoms with Crippen LogP contribution in [-0.2, 0) is 11.2 Å². The van der Waals surface area contributed by atoms with Gasteiger partial charge in [-0.2, -0.15) is 10.4 Å². The summed E-state index contributed by atoms with van der Waals surface area (Å²) in [6.45, 7) is -8.39. The second kappa shape index (κ2) is 10.7. The van der Waals surface area contributed by atoms with Crippen LogP contribution >= 0.6 is 11.3 Å². The van der Waals surface area contributed by atoms with Crippen molar-refractivity contribution in [3.63, 3.8) is 0 Å². The molecule has 0 radical (unpaired) electrons. The Labute approximate surface area is 245 Å². The molecule has 1 aromatic carbocycles. The maximum absolute atomic E-state index is 15.9. The lowest BCUT2D eigenvalue weighted by molar-refractivity contribution is 0.0240. The first-order valence-corrected chi connectivity index (χ1v) is 12.9. The SMILES string of the molecule is [2H]C1([2H])N(C(=O)OC(C)(C)C)C([2H])([2H])C([2H])([2H])N(c2cc3c(Nc4nc(-c5ccc(F)cc5)c(C#N)s4)c(CC)nn3cc2F)C1([2H])[2H]. The van der Waals surface area contributed by atoms with Crippen LogP contribution in [0.5, 0.6) is 0 Å². The first-order chi connectivity index (χ1) is 22.1. The Balaban J connectivity index is 1.65. The highest BCUT2D eigenvalue weighted by atomic mass is 32.1. The number of benzene rings is 1. The Hall–Kier alpha value is -4.24. The van der Waals surface area contributed by atoms with Crippen molar-refractivity contribution in [3.8, 4) is 17.3 Å². The van der Waals surface area contributed by atoms with E-state index in [2.05, 4.69) is 15.4 Å². The minimum absolute atomic E-state index is 0.00240. The number of anilines is 3. The van der Waals surface area contributed by atoms with Gasteiger partial charge in [-0.1, -0.05) is 18.3 Å². The highest BCUT2D eigenvalue weighted by Gasteiger charge is 2.28. The van der Waals surface area contributed by atoms with Crippen molar-refractivity contribution in [2.75, 3.05) is 36.2 Å². The van der Waals surface area contributed by atoms with E-state index in [9.17, 15) is 14.4 Å². The van der Waals surface area contributed by atoms with Gasteiger partial charge in [0.05, 0.1) is 39.7 Å². The molecular weight excluding hydrogens is 536 g/mol. The standard InChI is InChI=1S/C28H29F2N7O2S/c1-5-20-25(33-26-32-24(23(15-31)40-26)17-6-8-18(29)9-7-17)22-14-21(19(30)16-37(22)34-20)35-10-12-36(13-11-35)27(38)39-28(2,3)4/h6-9,14,16H,5,10-13H2,1-4H3,(H,32,33)/i10D2,11D2,12D2,13D2. The summed E-state index contributed by atoms with van der Waals surface area (Å²) in [7, 11) is 0. The summed E-state index contributed by atoms with van der Waals surface area (Å²) in [5, 5.41) is 17.3. The molecule has 3 aromatic heterocycles. The van der Waals surface area contributed by atoms with E-state index in [0.717, 1.165) is 28.1 Å². The number of halogens is 2. The van der Waals surface area contributed by atoms with E-state index in [-0.39, 0.29) is 43.1 Å². The fraction of sp³-hybridized carbons (Fsp3) is 0.357. The smallest absolute Gasteiger partial charge is 0.410 e. The predicted octanol–water partition coefficient (Wildman–Crippen LogP) is 5.97. The van der Waals surface area contributed by atoms with Gasteiger partial charge >= 0.3 is 6.09 Å². The molecule has 0 aliphatic carbocycles. The molecule has 4 aromatic rings. The number of fused-ring (bicyclic) bond motifs is 1. The number of aryl methyl sites for hydroxylation is 1. The molecule has 1 aliphatic heterocycles. The summed E-state index contributed by atoms with van der Waals surface area (Å²) in [5.41, 5.74) is -0.802. The number of nitriles is 1. The molecule has 1 saturated heterocycles. The van der Waals surface area contributed by atoms with Gasteiger partial charge in [0.25, 0.3) is 0 Å². The number of hydrogen-bond acceptors (Lipinski definition) is 8. The fourth-order valence-corrected chi connectivity index (χ4v) is 4.58. The third kappa shape index (κ3) is 5.56. The van der Waals surface area contributed by atoms with Crippen LogP contribution in [0, 0.1) is 23.0 Å². The molecule has 40 heavy (non-hydrogen) atoms. The molecule has 5 rings (SSSR count). The number of aromatic nitrogens is 3. The third-order valence-electron chi connectivity index (χ3n) is 5.55. The van der Waals surface area contributed by atoms with Crippen molar-refractivity contribution < 1.29 is 29.3 Å². The Morgan fingerprint density at radius 1 is 1.23 bits per heavy atom. The molecular formula is C28H29F2N7O2S. The molecule has 1 fully saturated rings. The van der Waals surface area contributed by atoms with E-state index in [4.69, 9.17) is 15.7 Å². The van der Waals surface area contributed by atoms with Crippen molar-refractivity contribution in [1.29, 1.82) is 5.26 Å². The molecule has 0 unspecified atom stereocenters. The van der Waals surface area contributed by atoms with Gasteiger partial charge in [0.15, 0.2) is 10.9 Å². The number of rotatable bonds is 5. The largest absolute Gasteiger partial charge is 0.444 e. The average molecular weight is 574 g/mol. The maximum atomic E-state index is 15.9. The number of amides is 1. The Kier molecular flexibility index (Phi) is 5.08. The lowest BCUT2D eigenvalue weighted by Crippen LogP contribution is -2.50. The van der Waals surface area contributed by atoms with Crippen molar-refractivity contribution >= 4 is 39.5 Å². The molecule has 0 atom stereocenters. The number of thiazole rings is 1. The van der Waals surface area contributed by atoms with Crippen LogP contribution in [0.25, 0.3) is 16.8 Å². The van der Waals surface area contributed by atoms with Gasteiger partial charge in [-0.25, -0.2) is 23.1 Å². The summed E-state index contributed by atoms with van der Waals surface area (Å²) in [6.07, 6.45) is -0.571. The molecule has 208 valence electrons. The Bertz CT molecular complexity index is 1930. The summed E-state index contributed by atoms with van der Waals surface area (Å²) >= 11 is 0.958. The van der Waals surface area contributed by atoms with Crippen LogP contribution in [0.4, 0.5) is 30.1 Å². The van der Waals surface area contributed by atoms with Crippen LogP contribution in [0.1, 0.15) is 49.2 Å². The first kappa shape index (κ1) is 18.9. The molecule has 1 aliphatic rings. The zero-order valence-electron chi connectivity index (χ0n) is 29.8. The number of pyridine rings is 1. The molecule has 4 heterocycles. The van der Waals surface area contributed by atoms with E-state index in [0.29, 0.717) is 11.3 Å². The number of ether oxygens (including phenoxy) is 1. The van der Waals surface area contributed by atoms with Gasteiger partial charge < -0.3 is 19.9 Å². The topological polar surface area (TPSA) is 98.8 Å². The lowest BCUT2D eigenvalue weighted by atomic mass is 10.1. The van der Waals surface area contributed by atoms with E-state index < -0.39 is 55.0 Å². The second-order valence-electron chi connectivity index (χ2n) is 9.55. The number of nitrogens with one attached hydrogen (secondary N) is 1. The van der Waals surface area contributed by atoms with Crippen molar-refractivity contribution in [2.45, 2.75) is 39.7 Å². The van der Waals surface area contributed by atoms with Crippen LogP contribution < -0.4 is 10.2 Å². The van der Waals surface area contributed by atoms with E-state index >= 15 is 4.39 Å². The van der Waals surface area contributed by atoms with Gasteiger partial charge in [0, 0.05) is 31.6 Å². The molecule has 0 spiro atoms. The highest BCUT2D eigenvalue weighted by molar-refractivity contribution is 7.16. The molecule has 0 bridgehead atoms. The summed E-state index contributed by atoms with van der Waals surface area (Å²) < 4.78 is 105. The van der Waals surface area contributed by atoms with Crippen molar-refractivity contribution in [2.24, 2.45) is 0 Å². The maximum Gasteiger partial charge on any atom is 0.410 e. The first-order valence-electron chi connectivity index (χ1n) is 16.1. The monoisotopic (exact) mass is 573 g/mol. The third-order valence-corrected chi connectivity index (χ3v) is 6.43. The molecule has 1 N–H and O–H groups in total. The predicted molar refractivity (Wildman–Crippen MR) is 150 cm³/mol. The number of carbonyl (C=O) groups is 1. The van der Waals surface area contributed by atoms with E-state index in [1.165, 1.54) is 45.0 Å². The van der Waals surface area contributed by atoms with Crippen LogP contribution in [0.2, 0.25) is 0 Å². The van der Waals surface area contributed by atoms with Crippen LogP contribution in [0.3, 0.4) is 0 Å². The zero-order chi connectivity index (χ0) is 35.8. The summed E-state index contributed by atoms with van der Waals surface area (Å²) in [5.74, 6) is -1.75. The molecule has 0 saturated carbocycles. The van der Waals surface area contributed by atoms with Crippen molar-refractivity contribution in [1.82, 2.24) is 19.5 Å². The number of nitrogens with zero attached hydrogens (tertiary/aromatic N) is 6. The second-order valence-corrected chi connectivity index (χ2v) is 10.5. The van der Waals surface area contributed by atoms with Gasteiger partial charge in [-0.3, -0.25) is 0 Å². The average Bonchev–Trinajstić information content (AvgIpc) is 3.52. The molecule has 9 nitrogen and oxygen atoms in total. The lowest BCUT2D eigenvalue weighted by Gasteiger charge is -2.36. The molecule has 1 amide bonds. The normalized spacial score (nSPS) is 21.9. The number of carbonyl (C=O) groups excluding carboxylic acids is 1. The summed E-state index contributed by atoms with van der Waals surface area (Å²) in [4.78, 5) is 17.4. The Morgan fingerprint density at radius 2 is 1.93 bits per heavy atom. The highest BCUT2D eigenvalue weighted by Crippen LogP contribution is 2.36. The van der Waals surface area contributed by atoms with Gasteiger partial charge in [0.2, 0.25) is 0 Å². The van der Waals surface area contributed by atoms with Crippen LogP contribution in [0.15, 0.2) is 36.5 Å². The van der Waals surface area contributed by atoms with Gasteiger partial charge in [-0.05, 0) is 57.5 Å². The quantitative estimate of drug-likeness (QED) is 0.314. The Morgan fingerprint density at radius 3 is 2.55 bits per heavy atom. The van der Waals surface area contributed by atoms with E-state index in [1.54, 1.807) is 6.92 Å². The summed E-state index contributed by atoms with van der Waals surface area (Å²) in [6, 6.07) is 8.37. The van der Waals surface area contributed by atoms with Gasteiger partial charge in [0.1, 0.15) is 28.1 Å². The fourth-order valence-electron chi connectivity index (χ4n) is 3.79. The van der Waals surface area contributed by atoms with Crippen molar-refractivity contribution in [3.05, 3.63) is 58.7 Å². The number of hydrogen-bond donors (Lipinski definition) is 1. The number of piperazine rings is 1. The van der Waals surface area contributed by atoms with Crippen LogP contribution in [-0.4, -0.2) is 57.2 Å². The zero-order valence-corrected chi connectivity index (χ0v) is 22.7. The minimum atomic E-state index is -3.61. The molecule has 12 heteroatoms.